The molecule has 1 amide bonds. The van der Waals surface area contributed by atoms with Gasteiger partial charge in [-0.2, -0.15) is 5.26 Å². The average Bonchev–Trinajstić information content (AvgIpc) is 2.26. The molecule has 1 aromatic carbocycles. The quantitative estimate of drug-likeness (QED) is 0.589. The molecule has 1 rings (SSSR count). The number of amides is 1. The molecule has 0 aromatic heterocycles. The fourth-order valence-electron chi connectivity index (χ4n) is 1.37. The highest BCUT2D eigenvalue weighted by Crippen LogP contribution is 2.24. The van der Waals surface area contributed by atoms with Crippen molar-refractivity contribution in [2.75, 3.05) is 12.3 Å². The van der Waals surface area contributed by atoms with E-state index in [1.807, 2.05) is 32.0 Å². The third kappa shape index (κ3) is 2.51. The van der Waals surface area contributed by atoms with Crippen LogP contribution in [0, 0.1) is 11.3 Å². The minimum absolute atomic E-state index is 0.0250. The molecule has 16 heavy (non-hydrogen) atoms. The largest absolute Gasteiger partial charge is 0.399 e. The van der Waals surface area contributed by atoms with E-state index in [0.717, 1.165) is 5.56 Å². The van der Waals surface area contributed by atoms with E-state index in [4.69, 9.17) is 11.0 Å². The highest BCUT2D eigenvalue weighted by atomic mass is 16.2. The lowest BCUT2D eigenvalue weighted by Crippen LogP contribution is -2.40. The van der Waals surface area contributed by atoms with Crippen molar-refractivity contribution in [2.24, 2.45) is 0 Å². The Morgan fingerprint density at radius 2 is 2.00 bits per heavy atom. The lowest BCUT2D eigenvalue weighted by Gasteiger charge is -2.23. The van der Waals surface area contributed by atoms with Crippen LogP contribution in [0.3, 0.4) is 0 Å². The SMILES string of the molecule is CC(C)(C(=O)NCC#N)c1ccc(N)cc1. The number of benzene rings is 1. The van der Waals surface area contributed by atoms with Crippen molar-refractivity contribution in [3.05, 3.63) is 29.8 Å². The summed E-state index contributed by atoms with van der Waals surface area (Å²) in [4.78, 5) is 11.8. The Morgan fingerprint density at radius 3 is 2.50 bits per heavy atom. The molecule has 4 nitrogen and oxygen atoms in total. The van der Waals surface area contributed by atoms with Gasteiger partial charge in [0.15, 0.2) is 0 Å². The van der Waals surface area contributed by atoms with Crippen LogP contribution in [0.1, 0.15) is 19.4 Å². The topological polar surface area (TPSA) is 78.9 Å². The van der Waals surface area contributed by atoms with E-state index in [0.29, 0.717) is 5.69 Å². The highest BCUT2D eigenvalue weighted by Gasteiger charge is 2.29. The van der Waals surface area contributed by atoms with Gasteiger partial charge in [0, 0.05) is 5.69 Å². The van der Waals surface area contributed by atoms with Crippen LogP contribution in [0.2, 0.25) is 0 Å². The van der Waals surface area contributed by atoms with Gasteiger partial charge in [-0.15, -0.1) is 0 Å². The number of hydrogen-bond acceptors (Lipinski definition) is 3. The van der Waals surface area contributed by atoms with Gasteiger partial charge < -0.3 is 11.1 Å². The molecule has 0 fully saturated rings. The molecule has 84 valence electrons. The molecule has 4 heteroatoms. The van der Waals surface area contributed by atoms with Gasteiger partial charge >= 0.3 is 0 Å². The molecule has 0 aliphatic heterocycles. The monoisotopic (exact) mass is 217 g/mol. The number of carbonyl (C=O) groups is 1. The van der Waals surface area contributed by atoms with E-state index in [1.54, 1.807) is 12.1 Å². The third-order valence-corrected chi connectivity index (χ3v) is 2.53. The fourth-order valence-corrected chi connectivity index (χ4v) is 1.37. The van der Waals surface area contributed by atoms with Gasteiger partial charge in [-0.3, -0.25) is 4.79 Å². The molecule has 1 aromatic rings. The molecular formula is C12H15N3O. The Morgan fingerprint density at radius 1 is 1.44 bits per heavy atom. The Bertz CT molecular complexity index is 415. The van der Waals surface area contributed by atoms with Gasteiger partial charge in [-0.25, -0.2) is 0 Å². The summed E-state index contributed by atoms with van der Waals surface area (Å²) in [5.41, 5.74) is 6.46. The molecule has 0 spiro atoms. The maximum absolute atomic E-state index is 11.8. The van der Waals surface area contributed by atoms with Crippen LogP contribution in [0.5, 0.6) is 0 Å². The van der Waals surface area contributed by atoms with E-state index < -0.39 is 5.41 Å². The second-order valence-electron chi connectivity index (χ2n) is 4.09. The maximum Gasteiger partial charge on any atom is 0.230 e. The van der Waals surface area contributed by atoms with Gasteiger partial charge in [0.2, 0.25) is 5.91 Å². The number of rotatable bonds is 3. The predicted octanol–water partition coefficient (Wildman–Crippen LogP) is 1.19. The van der Waals surface area contributed by atoms with Crippen molar-refractivity contribution in [3.63, 3.8) is 0 Å². The van der Waals surface area contributed by atoms with Gasteiger partial charge in [0.25, 0.3) is 0 Å². The zero-order valence-electron chi connectivity index (χ0n) is 9.45. The number of nitriles is 1. The van der Waals surface area contributed by atoms with Crippen LogP contribution in [0.25, 0.3) is 0 Å². The number of nitrogens with one attached hydrogen (secondary N) is 1. The number of nitrogens with zero attached hydrogens (tertiary/aromatic N) is 1. The second kappa shape index (κ2) is 4.67. The van der Waals surface area contributed by atoms with Crippen molar-refractivity contribution in [2.45, 2.75) is 19.3 Å². The predicted molar refractivity (Wildman–Crippen MR) is 62.5 cm³/mol. The number of hydrogen-bond donors (Lipinski definition) is 2. The lowest BCUT2D eigenvalue weighted by atomic mass is 9.83. The summed E-state index contributed by atoms with van der Waals surface area (Å²) in [7, 11) is 0. The summed E-state index contributed by atoms with van der Waals surface area (Å²) >= 11 is 0. The van der Waals surface area contributed by atoms with Gasteiger partial charge in [-0.1, -0.05) is 12.1 Å². The highest BCUT2D eigenvalue weighted by molar-refractivity contribution is 5.87. The van der Waals surface area contributed by atoms with E-state index in [-0.39, 0.29) is 12.5 Å². The molecule has 0 bridgehead atoms. The van der Waals surface area contributed by atoms with E-state index in [1.165, 1.54) is 0 Å². The molecule has 0 saturated carbocycles. The average molecular weight is 217 g/mol. The standard InChI is InChI=1S/C12H15N3O/c1-12(2,11(16)15-8-7-13)9-3-5-10(14)6-4-9/h3-6H,8,14H2,1-2H3,(H,15,16). The lowest BCUT2D eigenvalue weighted by molar-refractivity contribution is -0.125. The summed E-state index contributed by atoms with van der Waals surface area (Å²) in [5.74, 6) is -0.168. The molecule has 0 unspecified atom stereocenters. The maximum atomic E-state index is 11.8. The molecule has 0 aliphatic carbocycles. The molecule has 0 radical (unpaired) electrons. The van der Waals surface area contributed by atoms with E-state index >= 15 is 0 Å². The van der Waals surface area contributed by atoms with Crippen LogP contribution >= 0.6 is 0 Å². The first-order valence-corrected chi connectivity index (χ1v) is 4.99. The number of nitrogens with two attached hydrogens (primary N) is 1. The van der Waals surface area contributed by atoms with Crippen LogP contribution in [-0.4, -0.2) is 12.5 Å². The van der Waals surface area contributed by atoms with Crippen LogP contribution in [0.15, 0.2) is 24.3 Å². The number of carbonyl (C=O) groups excluding carboxylic acids is 1. The summed E-state index contributed by atoms with van der Waals surface area (Å²) in [6.45, 7) is 3.65. The molecule has 0 aliphatic rings. The van der Waals surface area contributed by atoms with E-state index in [2.05, 4.69) is 5.32 Å². The minimum atomic E-state index is -0.662. The summed E-state index contributed by atoms with van der Waals surface area (Å²) in [5, 5.41) is 11.0. The van der Waals surface area contributed by atoms with Gasteiger partial charge in [-0.05, 0) is 31.5 Å². The Kier molecular flexibility index (Phi) is 3.51. The molecule has 0 saturated heterocycles. The fraction of sp³-hybridized carbons (Fsp3) is 0.333. The van der Waals surface area contributed by atoms with Gasteiger partial charge in [0.1, 0.15) is 6.54 Å². The summed E-state index contributed by atoms with van der Waals surface area (Å²) < 4.78 is 0. The van der Waals surface area contributed by atoms with Gasteiger partial charge in [0.05, 0.1) is 11.5 Å². The van der Waals surface area contributed by atoms with Crippen molar-refractivity contribution in [1.29, 1.82) is 5.26 Å². The Labute approximate surface area is 95.1 Å². The molecule has 0 heterocycles. The van der Waals surface area contributed by atoms with Crippen molar-refractivity contribution < 1.29 is 4.79 Å². The first-order chi connectivity index (χ1) is 7.48. The Hall–Kier alpha value is -2.02. The zero-order chi connectivity index (χ0) is 12.2. The molecular weight excluding hydrogens is 202 g/mol. The van der Waals surface area contributed by atoms with Crippen molar-refractivity contribution in [3.8, 4) is 6.07 Å². The van der Waals surface area contributed by atoms with Crippen LogP contribution in [-0.2, 0) is 10.2 Å². The molecule has 3 N–H and O–H groups in total. The van der Waals surface area contributed by atoms with Crippen molar-refractivity contribution >= 4 is 11.6 Å². The van der Waals surface area contributed by atoms with E-state index in [9.17, 15) is 4.79 Å². The first-order valence-electron chi connectivity index (χ1n) is 4.99. The summed E-state index contributed by atoms with van der Waals surface area (Å²) in [6.07, 6.45) is 0. The minimum Gasteiger partial charge on any atom is -0.399 e. The Balaban J connectivity index is 2.88. The smallest absolute Gasteiger partial charge is 0.230 e. The first kappa shape index (κ1) is 12.1. The summed E-state index contributed by atoms with van der Waals surface area (Å²) in [6, 6.07) is 9.04. The van der Waals surface area contributed by atoms with Crippen LogP contribution in [0.4, 0.5) is 5.69 Å². The number of anilines is 1. The number of nitrogen functional groups attached to an aromatic ring is 1. The molecule has 0 atom stereocenters. The second-order valence-corrected chi connectivity index (χ2v) is 4.09. The zero-order valence-corrected chi connectivity index (χ0v) is 9.45. The van der Waals surface area contributed by atoms with Crippen LogP contribution < -0.4 is 11.1 Å². The third-order valence-electron chi connectivity index (χ3n) is 2.53. The normalized spacial score (nSPS) is 10.6. The van der Waals surface area contributed by atoms with Crippen molar-refractivity contribution in [1.82, 2.24) is 5.32 Å².